The van der Waals surface area contributed by atoms with Gasteiger partial charge in [-0.3, -0.25) is 0 Å². The normalized spacial score (nSPS) is 15.4. The predicted octanol–water partition coefficient (Wildman–Crippen LogP) is 2.90. The van der Waals surface area contributed by atoms with Crippen LogP contribution in [0.15, 0.2) is 39.4 Å². The molecule has 4 nitrogen and oxygen atoms in total. The summed E-state index contributed by atoms with van der Waals surface area (Å²) >= 11 is 3.42. The van der Waals surface area contributed by atoms with Crippen molar-refractivity contribution in [2.24, 2.45) is 0 Å². The van der Waals surface area contributed by atoms with E-state index in [-0.39, 0.29) is 0 Å². The second-order valence-electron chi connectivity index (χ2n) is 3.94. The third-order valence-electron chi connectivity index (χ3n) is 2.75. The molecule has 1 aromatic carbocycles. The number of furan rings is 1. The van der Waals surface area contributed by atoms with Gasteiger partial charge in [0.05, 0.1) is 10.7 Å². The summed E-state index contributed by atoms with van der Waals surface area (Å²) in [4.78, 5) is 0. The maximum absolute atomic E-state index is 10.2. The molecule has 0 spiro atoms. The Bertz CT molecular complexity index is 550. The van der Waals surface area contributed by atoms with E-state index in [0.717, 1.165) is 4.47 Å². The molecule has 3 rings (SSSR count). The van der Waals surface area contributed by atoms with E-state index in [4.69, 9.17) is 13.9 Å². The van der Waals surface area contributed by atoms with Crippen molar-refractivity contribution in [1.29, 1.82) is 0 Å². The van der Waals surface area contributed by atoms with Crippen LogP contribution in [-0.4, -0.2) is 18.3 Å². The summed E-state index contributed by atoms with van der Waals surface area (Å²) in [5.41, 5.74) is 0.695. The molecule has 1 N–H and O–H groups in total. The number of hydrogen-bond acceptors (Lipinski definition) is 4. The Hall–Kier alpha value is -1.46. The monoisotopic (exact) mass is 310 g/mol. The SMILES string of the molecule is OC(c1cc(Br)c2c(c1)OCCO2)c1ccco1. The maximum atomic E-state index is 10.2. The highest BCUT2D eigenvalue weighted by Gasteiger charge is 2.21. The van der Waals surface area contributed by atoms with Crippen molar-refractivity contribution in [3.8, 4) is 11.5 Å². The van der Waals surface area contributed by atoms with E-state index >= 15 is 0 Å². The van der Waals surface area contributed by atoms with Gasteiger partial charge in [-0.15, -0.1) is 0 Å². The molecule has 0 saturated carbocycles. The molecule has 1 aromatic heterocycles. The number of halogens is 1. The average molecular weight is 311 g/mol. The van der Waals surface area contributed by atoms with Crippen LogP contribution in [0.25, 0.3) is 0 Å². The summed E-state index contributed by atoms with van der Waals surface area (Å²) in [5, 5.41) is 10.2. The highest BCUT2D eigenvalue weighted by atomic mass is 79.9. The second-order valence-corrected chi connectivity index (χ2v) is 4.80. The molecule has 18 heavy (non-hydrogen) atoms. The summed E-state index contributed by atoms with van der Waals surface area (Å²) in [6.45, 7) is 1.05. The van der Waals surface area contributed by atoms with E-state index in [9.17, 15) is 5.11 Å². The molecule has 0 amide bonds. The van der Waals surface area contributed by atoms with Crippen LogP contribution in [0.5, 0.6) is 11.5 Å². The maximum Gasteiger partial charge on any atom is 0.175 e. The molecular weight excluding hydrogens is 300 g/mol. The largest absolute Gasteiger partial charge is 0.486 e. The van der Waals surface area contributed by atoms with Crippen molar-refractivity contribution in [1.82, 2.24) is 0 Å². The molecule has 0 saturated heterocycles. The fourth-order valence-corrected chi connectivity index (χ4v) is 2.47. The molecule has 1 aliphatic heterocycles. The number of hydrogen-bond donors (Lipinski definition) is 1. The molecule has 94 valence electrons. The Kier molecular flexibility index (Phi) is 3.01. The van der Waals surface area contributed by atoms with Crippen LogP contribution < -0.4 is 9.47 Å². The second kappa shape index (κ2) is 4.66. The number of aliphatic hydroxyl groups is 1. The fourth-order valence-electron chi connectivity index (χ4n) is 1.90. The predicted molar refractivity (Wildman–Crippen MR) is 67.9 cm³/mol. The number of rotatable bonds is 2. The summed E-state index contributed by atoms with van der Waals surface area (Å²) < 4.78 is 17.0. The Morgan fingerprint density at radius 3 is 2.83 bits per heavy atom. The van der Waals surface area contributed by atoms with Crippen LogP contribution in [0.4, 0.5) is 0 Å². The molecule has 2 heterocycles. The van der Waals surface area contributed by atoms with Gasteiger partial charge in [0.15, 0.2) is 11.5 Å². The van der Waals surface area contributed by atoms with Crippen LogP contribution in [0.2, 0.25) is 0 Å². The fraction of sp³-hybridized carbons (Fsp3) is 0.231. The zero-order chi connectivity index (χ0) is 12.5. The summed E-state index contributed by atoms with van der Waals surface area (Å²) in [6.07, 6.45) is 0.721. The first-order valence-corrected chi connectivity index (χ1v) is 6.35. The van der Waals surface area contributed by atoms with Crippen molar-refractivity contribution in [2.45, 2.75) is 6.10 Å². The van der Waals surface area contributed by atoms with Gasteiger partial charge < -0.3 is 19.0 Å². The number of fused-ring (bicyclic) bond motifs is 1. The lowest BCUT2D eigenvalue weighted by Gasteiger charge is -2.21. The van der Waals surface area contributed by atoms with Crippen LogP contribution >= 0.6 is 15.9 Å². The van der Waals surface area contributed by atoms with Gasteiger partial charge in [0, 0.05) is 0 Å². The van der Waals surface area contributed by atoms with Gasteiger partial charge in [-0.25, -0.2) is 0 Å². The first-order chi connectivity index (χ1) is 8.75. The first-order valence-electron chi connectivity index (χ1n) is 5.56. The van der Waals surface area contributed by atoms with E-state index in [1.54, 1.807) is 24.3 Å². The lowest BCUT2D eigenvalue weighted by molar-refractivity contribution is 0.166. The van der Waals surface area contributed by atoms with E-state index in [1.807, 2.05) is 0 Å². The third-order valence-corrected chi connectivity index (χ3v) is 3.34. The molecule has 1 unspecified atom stereocenters. The molecule has 0 fully saturated rings. The molecule has 1 aliphatic rings. The van der Waals surface area contributed by atoms with Gasteiger partial charge in [-0.05, 0) is 45.8 Å². The van der Waals surface area contributed by atoms with Crippen molar-refractivity contribution >= 4 is 15.9 Å². The lowest BCUT2D eigenvalue weighted by atomic mass is 10.1. The van der Waals surface area contributed by atoms with Gasteiger partial charge >= 0.3 is 0 Å². The molecule has 0 bridgehead atoms. The third kappa shape index (κ3) is 2.00. The van der Waals surface area contributed by atoms with Gasteiger partial charge in [0.25, 0.3) is 0 Å². The number of aliphatic hydroxyl groups excluding tert-OH is 1. The van der Waals surface area contributed by atoms with E-state index < -0.39 is 6.10 Å². The molecule has 0 radical (unpaired) electrons. The van der Waals surface area contributed by atoms with Crippen LogP contribution in [0.1, 0.15) is 17.4 Å². The van der Waals surface area contributed by atoms with Crippen molar-refractivity contribution in [3.05, 3.63) is 46.3 Å². The highest BCUT2D eigenvalue weighted by Crippen LogP contribution is 2.40. The van der Waals surface area contributed by atoms with Gasteiger partial charge in [0.2, 0.25) is 0 Å². The summed E-state index contributed by atoms with van der Waals surface area (Å²) in [7, 11) is 0. The Morgan fingerprint density at radius 1 is 1.22 bits per heavy atom. The number of ether oxygens (including phenoxy) is 2. The lowest BCUT2D eigenvalue weighted by Crippen LogP contribution is -2.16. The molecule has 2 aromatic rings. The highest BCUT2D eigenvalue weighted by molar-refractivity contribution is 9.10. The molecule has 1 atom stereocenters. The molecular formula is C13H11BrO4. The zero-order valence-electron chi connectivity index (χ0n) is 9.43. The molecule has 5 heteroatoms. The minimum Gasteiger partial charge on any atom is -0.486 e. The van der Waals surface area contributed by atoms with E-state index in [1.165, 1.54) is 6.26 Å². The van der Waals surface area contributed by atoms with Gasteiger partial charge in [-0.2, -0.15) is 0 Å². The quantitative estimate of drug-likeness (QED) is 0.926. The molecule has 0 aliphatic carbocycles. The van der Waals surface area contributed by atoms with Crippen molar-refractivity contribution in [3.63, 3.8) is 0 Å². The van der Waals surface area contributed by atoms with E-state index in [2.05, 4.69) is 15.9 Å². The van der Waals surface area contributed by atoms with Crippen molar-refractivity contribution < 1.29 is 19.0 Å². The van der Waals surface area contributed by atoms with E-state index in [0.29, 0.717) is 36.0 Å². The summed E-state index contributed by atoms with van der Waals surface area (Å²) in [5.74, 6) is 1.81. The Morgan fingerprint density at radius 2 is 2.06 bits per heavy atom. The minimum absolute atomic E-state index is 0.499. The Balaban J connectivity index is 2.00. The van der Waals surface area contributed by atoms with Crippen LogP contribution in [-0.2, 0) is 0 Å². The van der Waals surface area contributed by atoms with Crippen LogP contribution in [0, 0.1) is 0 Å². The van der Waals surface area contributed by atoms with Crippen molar-refractivity contribution in [2.75, 3.05) is 13.2 Å². The number of benzene rings is 1. The average Bonchev–Trinajstić information content (AvgIpc) is 2.91. The minimum atomic E-state index is -0.813. The topological polar surface area (TPSA) is 51.8 Å². The van der Waals surface area contributed by atoms with Gasteiger partial charge in [0.1, 0.15) is 25.1 Å². The Labute approximate surface area is 112 Å². The standard InChI is InChI=1S/C13H11BrO4/c14-9-6-8(12(15)10-2-1-3-16-10)7-11-13(9)18-5-4-17-11/h1-3,6-7,12,15H,4-5H2. The first kappa shape index (κ1) is 11.6. The van der Waals surface area contributed by atoms with Crippen LogP contribution in [0.3, 0.4) is 0 Å². The van der Waals surface area contributed by atoms with Gasteiger partial charge in [-0.1, -0.05) is 0 Å². The zero-order valence-corrected chi connectivity index (χ0v) is 11.0. The summed E-state index contributed by atoms with van der Waals surface area (Å²) in [6, 6.07) is 7.05. The smallest absolute Gasteiger partial charge is 0.175 e.